The third-order valence-corrected chi connectivity index (χ3v) is 3.78. The van der Waals surface area contributed by atoms with Gasteiger partial charge < -0.3 is 15.5 Å². The van der Waals surface area contributed by atoms with Gasteiger partial charge in [-0.15, -0.1) is 12.4 Å². The van der Waals surface area contributed by atoms with Crippen LogP contribution in [0.3, 0.4) is 0 Å². The number of likely N-dealkylation sites (N-methyl/N-ethyl adjacent to an activating group) is 1. The summed E-state index contributed by atoms with van der Waals surface area (Å²) >= 11 is 0. The molecule has 2 N–H and O–H groups in total. The van der Waals surface area contributed by atoms with Crippen molar-refractivity contribution in [1.29, 1.82) is 0 Å². The molecular weight excluding hydrogens is 250 g/mol. The average molecular weight is 278 g/mol. The Morgan fingerprint density at radius 3 is 2.17 bits per heavy atom. The van der Waals surface area contributed by atoms with E-state index in [9.17, 15) is 4.79 Å². The van der Waals surface area contributed by atoms with E-state index in [2.05, 4.69) is 11.9 Å². The molecular formula is C13H28ClN3O. The van der Waals surface area contributed by atoms with Gasteiger partial charge in [0.2, 0.25) is 5.91 Å². The highest BCUT2D eigenvalue weighted by Gasteiger charge is 2.33. The van der Waals surface area contributed by atoms with Crippen molar-refractivity contribution < 1.29 is 4.79 Å². The molecule has 1 aliphatic heterocycles. The van der Waals surface area contributed by atoms with E-state index in [1.807, 2.05) is 32.7 Å². The highest BCUT2D eigenvalue weighted by atomic mass is 35.5. The lowest BCUT2D eigenvalue weighted by molar-refractivity contribution is -0.136. The minimum absolute atomic E-state index is 0. The Morgan fingerprint density at radius 1 is 1.33 bits per heavy atom. The highest BCUT2D eigenvalue weighted by Crippen LogP contribution is 2.21. The summed E-state index contributed by atoms with van der Waals surface area (Å²) in [6.07, 6.45) is 2.10. The summed E-state index contributed by atoms with van der Waals surface area (Å²) in [6, 6.07) is -0.0562. The van der Waals surface area contributed by atoms with Crippen molar-refractivity contribution in [3.8, 4) is 0 Å². The van der Waals surface area contributed by atoms with Crippen molar-refractivity contribution in [3.05, 3.63) is 0 Å². The summed E-state index contributed by atoms with van der Waals surface area (Å²) in [4.78, 5) is 16.4. The van der Waals surface area contributed by atoms with Gasteiger partial charge >= 0.3 is 0 Å². The maximum atomic E-state index is 12.3. The minimum Gasteiger partial charge on any atom is -0.341 e. The molecule has 18 heavy (non-hydrogen) atoms. The molecule has 0 radical (unpaired) electrons. The van der Waals surface area contributed by atoms with Gasteiger partial charge in [0.15, 0.2) is 0 Å². The summed E-state index contributed by atoms with van der Waals surface area (Å²) in [7, 11) is 4.02. The molecule has 0 saturated carbocycles. The van der Waals surface area contributed by atoms with E-state index in [1.54, 1.807) is 0 Å². The van der Waals surface area contributed by atoms with Crippen LogP contribution in [0.2, 0.25) is 0 Å². The Balaban J connectivity index is 0.00000289. The molecule has 108 valence electrons. The van der Waals surface area contributed by atoms with Gasteiger partial charge in [-0.25, -0.2) is 0 Å². The lowest BCUT2D eigenvalue weighted by Gasteiger charge is -2.38. The maximum Gasteiger partial charge on any atom is 0.240 e. The van der Waals surface area contributed by atoms with E-state index in [-0.39, 0.29) is 23.7 Å². The van der Waals surface area contributed by atoms with Crippen molar-refractivity contribution in [2.45, 2.75) is 45.7 Å². The fourth-order valence-electron chi connectivity index (χ4n) is 2.15. The number of nitrogens with zero attached hydrogens (tertiary/aromatic N) is 2. The highest BCUT2D eigenvalue weighted by molar-refractivity contribution is 5.85. The molecule has 1 aliphatic rings. The molecule has 0 aromatic heterocycles. The standard InChI is InChI=1S/C13H27N3O.ClH/c1-13(2,3)11(14)12(17)16(5)10-6-8-15(4)9-7-10;/h10-11H,6-9,14H2,1-5H3;1H/t11-;/m1./s1. The lowest BCUT2D eigenvalue weighted by atomic mass is 9.86. The van der Waals surface area contributed by atoms with E-state index in [1.165, 1.54) is 0 Å². The number of likely N-dealkylation sites (tertiary alicyclic amines) is 1. The maximum absolute atomic E-state index is 12.3. The molecule has 0 unspecified atom stereocenters. The zero-order valence-corrected chi connectivity index (χ0v) is 13.1. The SMILES string of the molecule is CN1CCC(N(C)C(=O)[C@@H](N)C(C)(C)C)CC1.Cl. The second-order valence-corrected chi connectivity index (χ2v) is 6.33. The summed E-state index contributed by atoms with van der Waals surface area (Å²) in [5, 5.41) is 0. The molecule has 0 spiro atoms. The van der Waals surface area contributed by atoms with Crippen LogP contribution in [0.15, 0.2) is 0 Å². The Morgan fingerprint density at radius 2 is 1.78 bits per heavy atom. The molecule has 0 aromatic carbocycles. The predicted octanol–water partition coefficient (Wildman–Crippen LogP) is 1.33. The first-order valence-electron chi connectivity index (χ1n) is 6.44. The van der Waals surface area contributed by atoms with Crippen molar-refractivity contribution in [2.75, 3.05) is 27.2 Å². The van der Waals surface area contributed by atoms with Gasteiger partial charge in [-0.3, -0.25) is 4.79 Å². The van der Waals surface area contributed by atoms with Gasteiger partial charge in [-0.1, -0.05) is 20.8 Å². The number of hydrogen-bond acceptors (Lipinski definition) is 3. The van der Waals surface area contributed by atoms with Gasteiger partial charge in [0.05, 0.1) is 6.04 Å². The monoisotopic (exact) mass is 277 g/mol. The second-order valence-electron chi connectivity index (χ2n) is 6.33. The average Bonchev–Trinajstić information content (AvgIpc) is 2.26. The molecule has 0 aromatic rings. The summed E-state index contributed by atoms with van der Waals surface area (Å²) in [5.41, 5.74) is 5.86. The third kappa shape index (κ3) is 4.41. The number of rotatable bonds is 2. The molecule has 5 heteroatoms. The van der Waals surface area contributed by atoms with Crippen molar-refractivity contribution in [2.24, 2.45) is 11.1 Å². The van der Waals surface area contributed by atoms with Gasteiger partial charge in [-0.2, -0.15) is 0 Å². The lowest BCUT2D eigenvalue weighted by Crippen LogP contribution is -2.53. The number of carbonyl (C=O) groups is 1. The van der Waals surface area contributed by atoms with E-state index >= 15 is 0 Å². The smallest absolute Gasteiger partial charge is 0.240 e. The number of amides is 1. The van der Waals surface area contributed by atoms with Gasteiger partial charge in [0, 0.05) is 13.1 Å². The predicted molar refractivity (Wildman–Crippen MR) is 78.0 cm³/mol. The number of carbonyl (C=O) groups excluding carboxylic acids is 1. The number of hydrogen-bond donors (Lipinski definition) is 1. The number of halogens is 1. The molecule has 0 bridgehead atoms. The Hall–Kier alpha value is -0.320. The first-order valence-corrected chi connectivity index (χ1v) is 6.44. The van der Waals surface area contributed by atoms with Gasteiger partial charge in [0.25, 0.3) is 0 Å². The van der Waals surface area contributed by atoms with Crippen LogP contribution in [0.4, 0.5) is 0 Å². The van der Waals surface area contributed by atoms with Gasteiger partial charge in [0.1, 0.15) is 0 Å². The molecule has 1 heterocycles. The molecule has 1 fully saturated rings. The second kappa shape index (κ2) is 6.73. The molecule has 1 rings (SSSR count). The van der Waals surface area contributed by atoms with Crippen LogP contribution < -0.4 is 5.73 Å². The first-order chi connectivity index (χ1) is 7.73. The Kier molecular flexibility index (Phi) is 6.61. The molecule has 0 aliphatic carbocycles. The van der Waals surface area contributed by atoms with Crippen LogP contribution in [0, 0.1) is 5.41 Å². The molecule has 4 nitrogen and oxygen atoms in total. The quantitative estimate of drug-likeness (QED) is 0.829. The normalized spacial score (nSPS) is 20.1. The zero-order chi connectivity index (χ0) is 13.2. The Bertz CT molecular complexity index is 270. The third-order valence-electron chi connectivity index (χ3n) is 3.78. The van der Waals surface area contributed by atoms with E-state index < -0.39 is 6.04 Å². The summed E-state index contributed by atoms with van der Waals surface area (Å²) in [5.74, 6) is 0.0760. The molecule has 1 amide bonds. The van der Waals surface area contributed by atoms with E-state index in [4.69, 9.17) is 5.73 Å². The fraction of sp³-hybridized carbons (Fsp3) is 0.923. The summed E-state index contributed by atoms with van der Waals surface area (Å²) in [6.45, 7) is 8.16. The van der Waals surface area contributed by atoms with Crippen LogP contribution in [0.25, 0.3) is 0 Å². The van der Waals surface area contributed by atoms with Crippen molar-refractivity contribution in [1.82, 2.24) is 9.80 Å². The van der Waals surface area contributed by atoms with Crippen LogP contribution >= 0.6 is 12.4 Å². The molecule has 1 atom stereocenters. The van der Waals surface area contributed by atoms with Crippen molar-refractivity contribution in [3.63, 3.8) is 0 Å². The summed E-state index contributed by atoms with van der Waals surface area (Å²) < 4.78 is 0. The zero-order valence-electron chi connectivity index (χ0n) is 12.3. The molecule has 1 saturated heterocycles. The van der Waals surface area contributed by atoms with E-state index in [0.29, 0.717) is 6.04 Å². The largest absolute Gasteiger partial charge is 0.341 e. The van der Waals surface area contributed by atoms with Crippen LogP contribution in [0.5, 0.6) is 0 Å². The van der Waals surface area contributed by atoms with E-state index in [0.717, 1.165) is 25.9 Å². The fourth-order valence-corrected chi connectivity index (χ4v) is 2.15. The first kappa shape index (κ1) is 17.7. The van der Waals surface area contributed by atoms with Crippen LogP contribution in [-0.4, -0.2) is 55.0 Å². The van der Waals surface area contributed by atoms with Crippen LogP contribution in [-0.2, 0) is 4.79 Å². The van der Waals surface area contributed by atoms with Crippen molar-refractivity contribution >= 4 is 18.3 Å². The minimum atomic E-state index is -0.410. The van der Waals surface area contributed by atoms with Gasteiger partial charge in [-0.05, 0) is 38.4 Å². The topological polar surface area (TPSA) is 49.6 Å². The number of piperidine rings is 1. The number of nitrogens with two attached hydrogens (primary N) is 1. The van der Waals surface area contributed by atoms with Crippen LogP contribution in [0.1, 0.15) is 33.6 Å². The Labute approximate surface area is 117 Å².